The van der Waals surface area contributed by atoms with Gasteiger partial charge in [0.05, 0.1) is 12.1 Å². The van der Waals surface area contributed by atoms with Gasteiger partial charge in [-0.2, -0.15) is 4.39 Å². The van der Waals surface area contributed by atoms with E-state index in [1.54, 1.807) is 13.0 Å². The van der Waals surface area contributed by atoms with E-state index in [0.29, 0.717) is 28.4 Å². The number of rotatable bonds is 7. The Balaban J connectivity index is 1.81. The number of nitrogens with one attached hydrogen (secondary N) is 2. The first-order chi connectivity index (χ1) is 15.6. The summed E-state index contributed by atoms with van der Waals surface area (Å²) in [6.07, 6.45) is 4.44. The van der Waals surface area contributed by atoms with Gasteiger partial charge in [-0.15, -0.1) is 0 Å². The molecule has 1 heterocycles. The van der Waals surface area contributed by atoms with Crippen molar-refractivity contribution in [3.05, 3.63) is 61.8 Å². The number of amides is 1. The van der Waals surface area contributed by atoms with Crippen LogP contribution in [0.5, 0.6) is 0 Å². The first-order valence-corrected chi connectivity index (χ1v) is 11.9. The molecular formula is C25H34ClFN4O2. The highest BCUT2D eigenvalue weighted by atomic mass is 35.5. The minimum Gasteiger partial charge on any atom is -0.369 e. The first kappa shape index (κ1) is 25.2. The van der Waals surface area contributed by atoms with Crippen LogP contribution >= 0.6 is 11.6 Å². The summed E-state index contributed by atoms with van der Waals surface area (Å²) < 4.78 is 14.2. The van der Waals surface area contributed by atoms with Crippen molar-refractivity contribution in [2.45, 2.75) is 65.1 Å². The molecule has 1 fully saturated rings. The van der Waals surface area contributed by atoms with Crippen LogP contribution in [0.1, 0.15) is 59.8 Å². The van der Waals surface area contributed by atoms with Gasteiger partial charge in [-0.05, 0) is 78.2 Å². The standard InChI is InChI=1S/C25H34ClFN4O2/c1-6-31(19-9-7-18(8-10-19)30(4)5)22-13-17(26)12-20(16(22)3)25(33)28-14-21-23(32)11-15(2)29-24(21)27/h11-13,18-19H,6-10,14H2,1-5H3,(H,28,33)(H,29,32). The fourth-order valence-corrected chi connectivity index (χ4v) is 5.03. The lowest BCUT2D eigenvalue weighted by Gasteiger charge is -2.40. The zero-order chi connectivity index (χ0) is 24.3. The van der Waals surface area contributed by atoms with Crippen LogP contribution in [-0.2, 0) is 6.54 Å². The molecule has 3 rings (SSSR count). The third-order valence-electron chi connectivity index (χ3n) is 6.72. The van der Waals surface area contributed by atoms with E-state index in [0.717, 1.165) is 43.5 Å². The molecule has 0 atom stereocenters. The van der Waals surface area contributed by atoms with Crippen LogP contribution in [0.25, 0.3) is 0 Å². The van der Waals surface area contributed by atoms with Crippen LogP contribution < -0.4 is 15.6 Å². The average Bonchev–Trinajstić information content (AvgIpc) is 2.75. The number of carbonyl (C=O) groups excluding carboxylic acids is 1. The van der Waals surface area contributed by atoms with E-state index >= 15 is 0 Å². The van der Waals surface area contributed by atoms with Crippen molar-refractivity contribution in [3.8, 4) is 0 Å². The Hall–Kier alpha value is -2.38. The maximum Gasteiger partial charge on any atom is 0.251 e. The lowest BCUT2D eigenvalue weighted by atomic mass is 9.89. The molecule has 1 aliphatic rings. The van der Waals surface area contributed by atoms with Crippen LogP contribution in [0.2, 0.25) is 5.02 Å². The highest BCUT2D eigenvalue weighted by Crippen LogP contribution is 2.34. The minimum absolute atomic E-state index is 0.0957. The smallest absolute Gasteiger partial charge is 0.251 e. The number of aryl methyl sites for hydroxylation is 1. The van der Waals surface area contributed by atoms with Crippen LogP contribution in [-0.4, -0.2) is 48.5 Å². The molecule has 1 amide bonds. The van der Waals surface area contributed by atoms with Crippen LogP contribution in [0, 0.1) is 19.8 Å². The number of hydrogen-bond donors (Lipinski definition) is 2. The molecule has 1 aromatic heterocycles. The number of benzene rings is 1. The van der Waals surface area contributed by atoms with Gasteiger partial charge in [0.15, 0.2) is 11.4 Å². The van der Waals surface area contributed by atoms with Crippen molar-refractivity contribution in [1.82, 2.24) is 15.2 Å². The van der Waals surface area contributed by atoms with E-state index < -0.39 is 11.4 Å². The van der Waals surface area contributed by atoms with Gasteiger partial charge >= 0.3 is 0 Å². The summed E-state index contributed by atoms with van der Waals surface area (Å²) in [6.45, 7) is 6.24. The second kappa shape index (κ2) is 10.7. The third-order valence-corrected chi connectivity index (χ3v) is 6.94. The van der Waals surface area contributed by atoms with E-state index in [2.05, 4.69) is 41.1 Å². The molecule has 0 radical (unpaired) electrons. The molecule has 2 aromatic rings. The van der Waals surface area contributed by atoms with Gasteiger partial charge in [0.25, 0.3) is 5.91 Å². The SMILES string of the molecule is CCN(c1cc(Cl)cc(C(=O)NCc2c(F)[nH]c(C)cc2=O)c1C)C1CCC(N(C)C)CC1. The normalized spacial score (nSPS) is 18.4. The van der Waals surface area contributed by atoms with E-state index in [9.17, 15) is 14.0 Å². The summed E-state index contributed by atoms with van der Waals surface area (Å²) in [5.74, 6) is -1.11. The maximum absolute atomic E-state index is 14.2. The Morgan fingerprint density at radius 2 is 1.79 bits per heavy atom. The van der Waals surface area contributed by atoms with Crippen molar-refractivity contribution in [3.63, 3.8) is 0 Å². The molecule has 0 bridgehead atoms. The summed E-state index contributed by atoms with van der Waals surface area (Å²) in [7, 11) is 4.26. The molecule has 1 saturated carbocycles. The molecule has 0 aliphatic heterocycles. The minimum atomic E-state index is -0.728. The molecule has 33 heavy (non-hydrogen) atoms. The molecule has 2 N–H and O–H groups in total. The zero-order valence-electron chi connectivity index (χ0n) is 20.1. The predicted molar refractivity (Wildman–Crippen MR) is 132 cm³/mol. The number of halogens is 2. The van der Waals surface area contributed by atoms with Gasteiger partial charge in [-0.3, -0.25) is 9.59 Å². The molecule has 1 aromatic carbocycles. The largest absolute Gasteiger partial charge is 0.369 e. The van der Waals surface area contributed by atoms with Gasteiger partial charge < -0.3 is 20.1 Å². The number of hydrogen-bond acceptors (Lipinski definition) is 4. The van der Waals surface area contributed by atoms with E-state index in [1.165, 1.54) is 6.07 Å². The molecule has 0 spiro atoms. The monoisotopic (exact) mass is 476 g/mol. The molecular weight excluding hydrogens is 443 g/mol. The molecule has 1 aliphatic carbocycles. The van der Waals surface area contributed by atoms with Gasteiger partial charge in [0, 0.05) is 46.7 Å². The van der Waals surface area contributed by atoms with Crippen LogP contribution in [0.15, 0.2) is 23.0 Å². The summed E-state index contributed by atoms with van der Waals surface area (Å²) >= 11 is 6.43. The number of anilines is 1. The number of carbonyl (C=O) groups is 1. The summed E-state index contributed by atoms with van der Waals surface area (Å²) in [5, 5.41) is 3.16. The summed E-state index contributed by atoms with van der Waals surface area (Å²) in [6, 6.07) is 5.85. The molecule has 8 heteroatoms. The maximum atomic E-state index is 14.2. The topological polar surface area (TPSA) is 68.4 Å². The van der Waals surface area contributed by atoms with Crippen LogP contribution in [0.4, 0.5) is 10.1 Å². The van der Waals surface area contributed by atoms with Gasteiger partial charge in [0.1, 0.15) is 0 Å². The Morgan fingerprint density at radius 1 is 1.15 bits per heavy atom. The van der Waals surface area contributed by atoms with Crippen molar-refractivity contribution in [1.29, 1.82) is 0 Å². The summed E-state index contributed by atoms with van der Waals surface area (Å²) in [5.41, 5.74) is 2.10. The Kier molecular flexibility index (Phi) is 8.19. The van der Waals surface area contributed by atoms with E-state index in [1.807, 2.05) is 13.0 Å². The molecule has 0 saturated heterocycles. The van der Waals surface area contributed by atoms with Crippen molar-refractivity contribution in [2.75, 3.05) is 25.5 Å². The second-order valence-electron chi connectivity index (χ2n) is 9.10. The third kappa shape index (κ3) is 5.76. The van der Waals surface area contributed by atoms with E-state index in [-0.39, 0.29) is 18.0 Å². The number of aromatic amines is 1. The quantitative estimate of drug-likeness (QED) is 0.581. The first-order valence-electron chi connectivity index (χ1n) is 11.5. The van der Waals surface area contributed by atoms with Gasteiger partial charge in [0.2, 0.25) is 0 Å². The van der Waals surface area contributed by atoms with Crippen molar-refractivity contribution >= 4 is 23.2 Å². The Labute approximate surface area is 200 Å². The molecule has 180 valence electrons. The van der Waals surface area contributed by atoms with Crippen molar-refractivity contribution in [2.24, 2.45) is 0 Å². The molecule has 6 nitrogen and oxygen atoms in total. The van der Waals surface area contributed by atoms with E-state index in [4.69, 9.17) is 11.6 Å². The lowest BCUT2D eigenvalue weighted by molar-refractivity contribution is 0.0950. The lowest BCUT2D eigenvalue weighted by Crippen LogP contribution is -2.42. The number of nitrogens with zero attached hydrogens (tertiary/aromatic N) is 2. The second-order valence-corrected chi connectivity index (χ2v) is 9.54. The highest BCUT2D eigenvalue weighted by molar-refractivity contribution is 6.31. The zero-order valence-corrected chi connectivity index (χ0v) is 20.9. The summed E-state index contributed by atoms with van der Waals surface area (Å²) in [4.78, 5) is 32.2. The number of H-pyrrole nitrogens is 1. The van der Waals surface area contributed by atoms with Crippen molar-refractivity contribution < 1.29 is 9.18 Å². The van der Waals surface area contributed by atoms with Gasteiger partial charge in [-0.25, -0.2) is 0 Å². The fourth-order valence-electron chi connectivity index (χ4n) is 4.82. The fraction of sp³-hybridized carbons (Fsp3) is 0.520. The highest BCUT2D eigenvalue weighted by Gasteiger charge is 2.28. The number of aromatic nitrogens is 1. The van der Waals surface area contributed by atoms with Crippen LogP contribution in [0.3, 0.4) is 0 Å². The average molecular weight is 477 g/mol. The Bertz CT molecular complexity index is 1060. The molecule has 0 unspecified atom stereocenters. The predicted octanol–water partition coefficient (Wildman–Crippen LogP) is 4.41. The van der Waals surface area contributed by atoms with Gasteiger partial charge in [-0.1, -0.05) is 11.6 Å². The Morgan fingerprint density at radius 3 is 2.36 bits per heavy atom. The number of pyridine rings is 1.